The lowest BCUT2D eigenvalue weighted by molar-refractivity contribution is -0.384. The Morgan fingerprint density at radius 1 is 1.12 bits per heavy atom. The molecule has 0 aliphatic carbocycles. The standard InChI is InChI=1S/C23H16FN3O4S/c24-18-6-4-15(5-7-18)14-31-20-3-1-2-16(10-20)13-25-26-23(28)22-12-17-11-19(27(29)30)8-9-21(17)32-22/h1-13H,14H2,(H,26,28). The maximum atomic E-state index is 13.0. The van der Waals surface area contributed by atoms with Crippen molar-refractivity contribution in [2.24, 2.45) is 5.10 Å². The van der Waals surface area contributed by atoms with Crippen LogP contribution in [0.2, 0.25) is 0 Å². The topological polar surface area (TPSA) is 93.8 Å². The molecule has 0 saturated heterocycles. The van der Waals surface area contributed by atoms with Crippen molar-refractivity contribution in [1.82, 2.24) is 5.43 Å². The van der Waals surface area contributed by atoms with Gasteiger partial charge in [-0.2, -0.15) is 5.10 Å². The molecule has 7 nitrogen and oxygen atoms in total. The molecule has 1 aromatic heterocycles. The third-order valence-electron chi connectivity index (χ3n) is 4.49. The normalized spacial score (nSPS) is 11.0. The van der Waals surface area contributed by atoms with Crippen LogP contribution in [0.1, 0.15) is 20.8 Å². The van der Waals surface area contributed by atoms with Crippen molar-refractivity contribution in [2.45, 2.75) is 6.61 Å². The number of rotatable bonds is 7. The lowest BCUT2D eigenvalue weighted by atomic mass is 10.2. The predicted molar refractivity (Wildman–Crippen MR) is 121 cm³/mol. The summed E-state index contributed by atoms with van der Waals surface area (Å²) in [5.41, 5.74) is 3.99. The molecule has 1 N–H and O–H groups in total. The summed E-state index contributed by atoms with van der Waals surface area (Å²) in [6.07, 6.45) is 1.49. The third-order valence-corrected chi connectivity index (χ3v) is 5.61. The fourth-order valence-corrected chi connectivity index (χ4v) is 3.84. The number of carbonyl (C=O) groups is 1. The molecule has 4 rings (SSSR count). The number of nitro groups is 1. The van der Waals surface area contributed by atoms with Crippen LogP contribution in [0.15, 0.2) is 77.9 Å². The van der Waals surface area contributed by atoms with Crippen molar-refractivity contribution in [1.29, 1.82) is 0 Å². The first-order chi connectivity index (χ1) is 15.5. The van der Waals surface area contributed by atoms with Gasteiger partial charge in [-0.1, -0.05) is 24.3 Å². The van der Waals surface area contributed by atoms with Crippen molar-refractivity contribution < 1.29 is 18.8 Å². The number of nitro benzene ring substituents is 1. The zero-order valence-corrected chi connectivity index (χ0v) is 17.3. The molecule has 1 heterocycles. The number of amides is 1. The van der Waals surface area contributed by atoms with Gasteiger partial charge in [0.05, 0.1) is 16.0 Å². The van der Waals surface area contributed by atoms with Gasteiger partial charge < -0.3 is 4.74 Å². The number of non-ortho nitro benzene ring substituents is 1. The number of fused-ring (bicyclic) bond motifs is 1. The SMILES string of the molecule is O=C(NN=Cc1cccc(OCc2ccc(F)cc2)c1)c1cc2cc([N+](=O)[O-])ccc2s1. The lowest BCUT2D eigenvalue weighted by Crippen LogP contribution is -2.16. The lowest BCUT2D eigenvalue weighted by Gasteiger charge is -2.07. The van der Waals surface area contributed by atoms with E-state index >= 15 is 0 Å². The van der Waals surface area contributed by atoms with E-state index in [4.69, 9.17) is 4.74 Å². The fourth-order valence-electron chi connectivity index (χ4n) is 2.91. The zero-order chi connectivity index (χ0) is 22.5. The van der Waals surface area contributed by atoms with Gasteiger partial charge in [0.15, 0.2) is 0 Å². The predicted octanol–water partition coefficient (Wildman–Crippen LogP) is 5.29. The minimum Gasteiger partial charge on any atom is -0.489 e. The van der Waals surface area contributed by atoms with Crippen LogP contribution in [0.25, 0.3) is 10.1 Å². The van der Waals surface area contributed by atoms with Crippen LogP contribution in [-0.2, 0) is 6.61 Å². The second-order valence-corrected chi connectivity index (χ2v) is 7.86. The minimum atomic E-state index is -0.474. The van der Waals surface area contributed by atoms with Crippen molar-refractivity contribution in [2.75, 3.05) is 0 Å². The molecule has 0 unspecified atom stereocenters. The van der Waals surface area contributed by atoms with E-state index in [1.165, 1.54) is 41.8 Å². The molecule has 0 aliphatic rings. The zero-order valence-electron chi connectivity index (χ0n) is 16.5. The van der Waals surface area contributed by atoms with Gasteiger partial charge in [-0.15, -0.1) is 11.3 Å². The Morgan fingerprint density at radius 2 is 1.94 bits per heavy atom. The molecule has 0 atom stereocenters. The number of hydrazone groups is 1. The first-order valence-corrected chi connectivity index (χ1v) is 10.3. The molecule has 32 heavy (non-hydrogen) atoms. The summed E-state index contributed by atoms with van der Waals surface area (Å²) in [5, 5.41) is 15.5. The number of hydrogen-bond donors (Lipinski definition) is 1. The van der Waals surface area contributed by atoms with Crippen LogP contribution in [0, 0.1) is 15.9 Å². The average molecular weight is 449 g/mol. The summed E-state index contributed by atoms with van der Waals surface area (Å²) < 4.78 is 19.5. The number of ether oxygens (including phenoxy) is 1. The van der Waals surface area contributed by atoms with E-state index in [9.17, 15) is 19.3 Å². The van der Waals surface area contributed by atoms with E-state index in [1.54, 1.807) is 48.5 Å². The van der Waals surface area contributed by atoms with E-state index in [1.807, 2.05) is 0 Å². The van der Waals surface area contributed by atoms with E-state index < -0.39 is 10.8 Å². The number of hydrogen-bond acceptors (Lipinski definition) is 6. The van der Waals surface area contributed by atoms with Crippen LogP contribution in [0.3, 0.4) is 0 Å². The molecule has 3 aromatic carbocycles. The molecule has 0 bridgehead atoms. The van der Waals surface area contributed by atoms with Gasteiger partial charge in [-0.25, -0.2) is 9.82 Å². The van der Waals surface area contributed by atoms with Crippen molar-refractivity contribution in [3.8, 4) is 5.75 Å². The maximum absolute atomic E-state index is 13.0. The first-order valence-electron chi connectivity index (χ1n) is 9.47. The van der Waals surface area contributed by atoms with Crippen LogP contribution < -0.4 is 10.2 Å². The third kappa shape index (κ3) is 5.13. The summed E-state index contributed by atoms with van der Waals surface area (Å²) in [7, 11) is 0. The van der Waals surface area contributed by atoms with Crippen LogP contribution in [0.5, 0.6) is 5.75 Å². The molecule has 0 aliphatic heterocycles. The van der Waals surface area contributed by atoms with E-state index in [0.29, 0.717) is 28.2 Å². The fraction of sp³-hybridized carbons (Fsp3) is 0.0435. The van der Waals surface area contributed by atoms with Crippen LogP contribution >= 0.6 is 11.3 Å². The van der Waals surface area contributed by atoms with E-state index in [0.717, 1.165) is 10.3 Å². The Morgan fingerprint density at radius 3 is 2.72 bits per heavy atom. The molecule has 1 amide bonds. The molecule has 0 radical (unpaired) electrons. The first kappa shape index (κ1) is 21.1. The van der Waals surface area contributed by atoms with Crippen LogP contribution in [0.4, 0.5) is 10.1 Å². The second-order valence-electron chi connectivity index (χ2n) is 6.78. The highest BCUT2D eigenvalue weighted by molar-refractivity contribution is 7.20. The Hall–Kier alpha value is -4.11. The summed E-state index contributed by atoms with van der Waals surface area (Å²) in [5.74, 6) is -0.101. The van der Waals surface area contributed by atoms with E-state index in [-0.39, 0.29) is 11.5 Å². The Balaban J connectivity index is 1.37. The highest BCUT2D eigenvalue weighted by Crippen LogP contribution is 2.28. The van der Waals surface area contributed by atoms with Gasteiger partial charge in [0.1, 0.15) is 18.2 Å². The summed E-state index contributed by atoms with van der Waals surface area (Å²) >= 11 is 1.23. The molecule has 4 aromatic rings. The highest BCUT2D eigenvalue weighted by atomic mass is 32.1. The van der Waals surface area contributed by atoms with Gasteiger partial charge in [-0.3, -0.25) is 14.9 Å². The number of nitrogens with one attached hydrogen (secondary N) is 1. The van der Waals surface area contributed by atoms with Crippen molar-refractivity contribution >= 4 is 39.2 Å². The number of halogens is 1. The average Bonchev–Trinajstić information content (AvgIpc) is 3.22. The van der Waals surface area contributed by atoms with Gasteiger partial charge >= 0.3 is 0 Å². The molecular formula is C23H16FN3O4S. The van der Waals surface area contributed by atoms with Crippen LogP contribution in [-0.4, -0.2) is 17.0 Å². The van der Waals surface area contributed by atoms with Gasteiger partial charge in [0.2, 0.25) is 0 Å². The number of nitrogens with zero attached hydrogens (tertiary/aromatic N) is 2. The van der Waals surface area contributed by atoms with Crippen molar-refractivity contribution in [3.63, 3.8) is 0 Å². The summed E-state index contributed by atoms with van der Waals surface area (Å²) in [6.45, 7) is 0.293. The van der Waals surface area contributed by atoms with E-state index in [2.05, 4.69) is 10.5 Å². The Kier molecular flexibility index (Phi) is 6.18. The second kappa shape index (κ2) is 9.36. The minimum absolute atomic E-state index is 0.0261. The summed E-state index contributed by atoms with van der Waals surface area (Å²) in [6, 6.07) is 19.3. The smallest absolute Gasteiger partial charge is 0.281 e. The quantitative estimate of drug-likeness (QED) is 0.236. The van der Waals surface area contributed by atoms with Gasteiger partial charge in [0.25, 0.3) is 11.6 Å². The monoisotopic (exact) mass is 449 g/mol. The van der Waals surface area contributed by atoms with Gasteiger partial charge in [-0.05, 0) is 47.5 Å². The molecule has 160 valence electrons. The largest absolute Gasteiger partial charge is 0.489 e. The highest BCUT2D eigenvalue weighted by Gasteiger charge is 2.13. The number of carbonyl (C=O) groups excluding carboxylic acids is 1. The molecule has 0 saturated carbocycles. The summed E-state index contributed by atoms with van der Waals surface area (Å²) in [4.78, 5) is 23.2. The number of benzene rings is 3. The Bertz CT molecular complexity index is 1320. The number of thiophene rings is 1. The molecule has 0 fully saturated rings. The van der Waals surface area contributed by atoms with Crippen molar-refractivity contribution in [3.05, 3.63) is 105 Å². The molecular weight excluding hydrogens is 433 g/mol. The van der Waals surface area contributed by atoms with Gasteiger partial charge in [0, 0.05) is 22.2 Å². The molecule has 9 heteroatoms. The molecule has 0 spiro atoms. The Labute approximate surface area is 185 Å². The maximum Gasteiger partial charge on any atom is 0.281 e.